The standard InChI is InChI=1S/C13H18N2O6S2/c1-14-22(18,19)11-5-2-6-12(8-11)23(20,21)15-7-3-4-10(9-15)13(16)17/h2,5-6,8,10,14H,3-4,7,9H2,1H3,(H,16,17). The first-order valence-electron chi connectivity index (χ1n) is 6.95. The maximum absolute atomic E-state index is 12.6. The number of carboxylic acid groups (broad SMARTS) is 1. The summed E-state index contributed by atoms with van der Waals surface area (Å²) in [6.07, 6.45) is 0.875. The lowest BCUT2D eigenvalue weighted by Crippen LogP contribution is -2.42. The number of nitrogens with one attached hydrogen (secondary N) is 1. The third kappa shape index (κ3) is 3.71. The molecule has 0 aromatic heterocycles. The molecule has 0 saturated carbocycles. The van der Waals surface area contributed by atoms with Gasteiger partial charge in [-0.1, -0.05) is 6.07 Å². The lowest BCUT2D eigenvalue weighted by molar-refractivity contribution is -0.142. The molecule has 1 aromatic rings. The van der Waals surface area contributed by atoms with E-state index in [1.165, 1.54) is 25.2 Å². The normalized spacial score (nSPS) is 20.3. The lowest BCUT2D eigenvalue weighted by atomic mass is 10.0. The van der Waals surface area contributed by atoms with Crippen LogP contribution in [0.25, 0.3) is 0 Å². The summed E-state index contributed by atoms with van der Waals surface area (Å²) in [6.45, 7) is 0.107. The molecule has 128 valence electrons. The van der Waals surface area contributed by atoms with Crippen LogP contribution in [0.5, 0.6) is 0 Å². The second kappa shape index (κ2) is 6.56. The topological polar surface area (TPSA) is 121 Å². The molecule has 1 aliphatic rings. The van der Waals surface area contributed by atoms with Gasteiger partial charge in [0.05, 0.1) is 15.7 Å². The Balaban J connectivity index is 2.37. The van der Waals surface area contributed by atoms with Gasteiger partial charge in [-0.2, -0.15) is 4.31 Å². The fourth-order valence-corrected chi connectivity index (χ4v) is 4.85. The monoisotopic (exact) mass is 362 g/mol. The summed E-state index contributed by atoms with van der Waals surface area (Å²) in [7, 11) is -6.47. The Bertz CT molecular complexity index is 804. The Morgan fingerprint density at radius 1 is 1.26 bits per heavy atom. The van der Waals surface area contributed by atoms with Crippen LogP contribution in [0, 0.1) is 5.92 Å². The first kappa shape index (κ1) is 17.9. The van der Waals surface area contributed by atoms with Gasteiger partial charge in [0.2, 0.25) is 20.0 Å². The van der Waals surface area contributed by atoms with Crippen LogP contribution >= 0.6 is 0 Å². The maximum Gasteiger partial charge on any atom is 0.307 e. The molecule has 0 spiro atoms. The molecule has 1 aliphatic heterocycles. The van der Waals surface area contributed by atoms with E-state index in [0.29, 0.717) is 12.8 Å². The summed E-state index contributed by atoms with van der Waals surface area (Å²) in [5.74, 6) is -1.78. The molecule has 1 fully saturated rings. The molecular formula is C13H18N2O6S2. The molecule has 0 radical (unpaired) electrons. The fourth-order valence-electron chi connectivity index (χ4n) is 2.43. The predicted molar refractivity (Wildman–Crippen MR) is 81.8 cm³/mol. The van der Waals surface area contributed by atoms with Gasteiger partial charge in [0.15, 0.2) is 0 Å². The Kier molecular flexibility index (Phi) is 5.09. The van der Waals surface area contributed by atoms with Crippen molar-refractivity contribution in [1.29, 1.82) is 0 Å². The maximum atomic E-state index is 12.6. The van der Waals surface area contributed by atoms with Gasteiger partial charge in [-0.25, -0.2) is 21.6 Å². The number of hydrogen-bond donors (Lipinski definition) is 2. The Morgan fingerprint density at radius 3 is 2.52 bits per heavy atom. The van der Waals surface area contributed by atoms with Crippen molar-refractivity contribution in [3.8, 4) is 0 Å². The van der Waals surface area contributed by atoms with Crippen molar-refractivity contribution >= 4 is 26.0 Å². The number of carboxylic acids is 1. The van der Waals surface area contributed by atoms with Crippen LogP contribution in [0.4, 0.5) is 0 Å². The SMILES string of the molecule is CNS(=O)(=O)c1cccc(S(=O)(=O)N2CCCC(C(=O)O)C2)c1. The van der Waals surface area contributed by atoms with Crippen molar-refractivity contribution < 1.29 is 26.7 Å². The summed E-state index contributed by atoms with van der Waals surface area (Å²) in [6, 6.07) is 5.01. The highest BCUT2D eigenvalue weighted by atomic mass is 32.2. The number of carbonyl (C=O) groups is 1. The molecule has 1 aromatic carbocycles. The molecule has 0 aliphatic carbocycles. The zero-order chi connectivity index (χ0) is 17.3. The van der Waals surface area contributed by atoms with Gasteiger partial charge in [-0.15, -0.1) is 0 Å². The van der Waals surface area contributed by atoms with Crippen molar-refractivity contribution in [1.82, 2.24) is 9.03 Å². The van der Waals surface area contributed by atoms with Crippen LogP contribution in [0.2, 0.25) is 0 Å². The minimum atomic E-state index is -3.94. The van der Waals surface area contributed by atoms with E-state index >= 15 is 0 Å². The summed E-state index contributed by atoms with van der Waals surface area (Å²) < 4.78 is 52.1. The summed E-state index contributed by atoms with van der Waals surface area (Å²) in [5, 5.41) is 9.07. The van der Waals surface area contributed by atoms with Crippen LogP contribution in [0.15, 0.2) is 34.1 Å². The largest absolute Gasteiger partial charge is 0.481 e. The van der Waals surface area contributed by atoms with Crippen molar-refractivity contribution in [3.63, 3.8) is 0 Å². The van der Waals surface area contributed by atoms with E-state index in [2.05, 4.69) is 4.72 Å². The Morgan fingerprint density at radius 2 is 1.91 bits per heavy atom. The molecule has 1 saturated heterocycles. The molecule has 2 rings (SSSR count). The number of sulfonamides is 2. The minimum absolute atomic E-state index is 0.110. The molecule has 8 nitrogen and oxygen atoms in total. The quantitative estimate of drug-likeness (QED) is 0.765. The fraction of sp³-hybridized carbons (Fsp3) is 0.462. The summed E-state index contributed by atoms with van der Waals surface area (Å²) >= 11 is 0. The van der Waals surface area contributed by atoms with Crippen LogP contribution in [-0.2, 0) is 24.8 Å². The van der Waals surface area contributed by atoms with E-state index in [4.69, 9.17) is 5.11 Å². The van der Waals surface area contributed by atoms with Gasteiger partial charge >= 0.3 is 5.97 Å². The third-order valence-electron chi connectivity index (χ3n) is 3.76. The number of nitrogens with zero attached hydrogens (tertiary/aromatic N) is 1. The highest BCUT2D eigenvalue weighted by Crippen LogP contribution is 2.25. The van der Waals surface area contributed by atoms with E-state index in [1.807, 2.05) is 0 Å². The molecule has 10 heteroatoms. The number of rotatable bonds is 5. The number of benzene rings is 1. The van der Waals surface area contributed by atoms with Crippen molar-refractivity contribution in [2.75, 3.05) is 20.1 Å². The van der Waals surface area contributed by atoms with Gasteiger partial charge < -0.3 is 5.11 Å². The van der Waals surface area contributed by atoms with Crippen molar-refractivity contribution in [2.24, 2.45) is 5.92 Å². The van der Waals surface area contributed by atoms with Crippen molar-refractivity contribution in [2.45, 2.75) is 22.6 Å². The van der Waals surface area contributed by atoms with Crippen LogP contribution in [-0.4, -0.2) is 52.4 Å². The average Bonchev–Trinajstić information content (AvgIpc) is 2.55. The first-order chi connectivity index (χ1) is 10.7. The molecule has 23 heavy (non-hydrogen) atoms. The second-order valence-electron chi connectivity index (χ2n) is 5.22. The Hall–Kier alpha value is -1.49. The molecule has 2 N–H and O–H groups in total. The zero-order valence-electron chi connectivity index (χ0n) is 12.5. The predicted octanol–water partition coefficient (Wildman–Crippen LogP) is 0.0800. The molecular weight excluding hydrogens is 344 g/mol. The highest BCUT2D eigenvalue weighted by Gasteiger charge is 2.33. The molecule has 1 unspecified atom stereocenters. The van der Waals surface area contributed by atoms with Crippen LogP contribution in [0.1, 0.15) is 12.8 Å². The average molecular weight is 362 g/mol. The highest BCUT2D eigenvalue weighted by molar-refractivity contribution is 7.90. The molecule has 1 atom stereocenters. The number of hydrogen-bond acceptors (Lipinski definition) is 5. The van der Waals surface area contributed by atoms with E-state index in [9.17, 15) is 21.6 Å². The minimum Gasteiger partial charge on any atom is -0.481 e. The number of aliphatic carboxylic acids is 1. The van der Waals surface area contributed by atoms with Gasteiger partial charge in [-0.3, -0.25) is 4.79 Å². The van der Waals surface area contributed by atoms with Crippen LogP contribution < -0.4 is 4.72 Å². The molecule has 1 heterocycles. The van der Waals surface area contributed by atoms with Crippen molar-refractivity contribution in [3.05, 3.63) is 24.3 Å². The van der Waals surface area contributed by atoms with Gasteiger partial charge in [0, 0.05) is 13.1 Å². The van der Waals surface area contributed by atoms with E-state index < -0.39 is 31.9 Å². The van der Waals surface area contributed by atoms with Gasteiger partial charge in [0.25, 0.3) is 0 Å². The first-order valence-corrected chi connectivity index (χ1v) is 9.87. The molecule has 0 amide bonds. The Labute approximate surface area is 135 Å². The summed E-state index contributed by atoms with van der Waals surface area (Å²) in [4.78, 5) is 10.8. The smallest absolute Gasteiger partial charge is 0.307 e. The zero-order valence-corrected chi connectivity index (χ0v) is 14.1. The van der Waals surface area contributed by atoms with E-state index in [-0.39, 0.29) is 22.9 Å². The lowest BCUT2D eigenvalue weighted by Gasteiger charge is -2.29. The van der Waals surface area contributed by atoms with E-state index in [0.717, 1.165) is 10.4 Å². The van der Waals surface area contributed by atoms with Gasteiger partial charge in [0.1, 0.15) is 0 Å². The second-order valence-corrected chi connectivity index (χ2v) is 9.05. The van der Waals surface area contributed by atoms with Gasteiger partial charge in [-0.05, 0) is 38.1 Å². The molecule has 0 bridgehead atoms. The van der Waals surface area contributed by atoms with E-state index in [1.54, 1.807) is 0 Å². The summed E-state index contributed by atoms with van der Waals surface area (Å²) in [5.41, 5.74) is 0. The third-order valence-corrected chi connectivity index (χ3v) is 7.03. The van der Waals surface area contributed by atoms with Crippen LogP contribution in [0.3, 0.4) is 0 Å². The number of piperidine rings is 1.